The normalized spacial score (nSPS) is 24.0. The standard InChI is InChI=1S/C16H23NO2/c1-16(2)11-12-5-3-7-14(15(12)19-16)17-9-8-13-6-4-10-18-13/h3,5,7,13,17H,4,6,8-11H2,1-2H3. The summed E-state index contributed by atoms with van der Waals surface area (Å²) in [6.45, 7) is 6.17. The second-order valence-electron chi connectivity index (χ2n) is 6.18. The molecule has 2 aliphatic rings. The van der Waals surface area contributed by atoms with Crippen molar-refractivity contribution in [3.8, 4) is 5.75 Å². The Balaban J connectivity index is 1.61. The maximum Gasteiger partial charge on any atom is 0.146 e. The fraction of sp³-hybridized carbons (Fsp3) is 0.625. The zero-order chi connectivity index (χ0) is 13.3. The summed E-state index contributed by atoms with van der Waals surface area (Å²) in [5, 5.41) is 3.50. The van der Waals surface area contributed by atoms with Crippen LogP contribution in [0.25, 0.3) is 0 Å². The first-order valence-electron chi connectivity index (χ1n) is 7.30. The van der Waals surface area contributed by atoms with Gasteiger partial charge in [-0.05, 0) is 39.2 Å². The van der Waals surface area contributed by atoms with Crippen molar-refractivity contribution in [2.45, 2.75) is 51.2 Å². The van der Waals surface area contributed by atoms with Crippen molar-refractivity contribution >= 4 is 5.69 Å². The van der Waals surface area contributed by atoms with Gasteiger partial charge >= 0.3 is 0 Å². The summed E-state index contributed by atoms with van der Waals surface area (Å²) in [7, 11) is 0. The Morgan fingerprint density at radius 2 is 2.26 bits per heavy atom. The van der Waals surface area contributed by atoms with Gasteiger partial charge in [-0.1, -0.05) is 12.1 Å². The van der Waals surface area contributed by atoms with Gasteiger partial charge in [-0.2, -0.15) is 0 Å². The second-order valence-corrected chi connectivity index (χ2v) is 6.18. The van der Waals surface area contributed by atoms with Crippen LogP contribution in [0.4, 0.5) is 5.69 Å². The minimum atomic E-state index is -0.0747. The molecule has 104 valence electrons. The number of anilines is 1. The molecule has 0 saturated carbocycles. The van der Waals surface area contributed by atoms with Crippen LogP contribution in [0.5, 0.6) is 5.75 Å². The van der Waals surface area contributed by atoms with Crippen molar-refractivity contribution in [1.29, 1.82) is 0 Å². The van der Waals surface area contributed by atoms with Gasteiger partial charge in [0.25, 0.3) is 0 Å². The van der Waals surface area contributed by atoms with E-state index in [1.807, 2.05) is 0 Å². The number of rotatable bonds is 4. The van der Waals surface area contributed by atoms with Crippen LogP contribution in [0.3, 0.4) is 0 Å². The maximum absolute atomic E-state index is 6.05. The molecule has 2 heterocycles. The molecule has 0 bridgehead atoms. The van der Waals surface area contributed by atoms with E-state index in [0.717, 1.165) is 37.4 Å². The molecule has 1 aromatic carbocycles. The fourth-order valence-corrected chi connectivity index (χ4v) is 2.99. The highest BCUT2D eigenvalue weighted by molar-refractivity contribution is 5.62. The highest BCUT2D eigenvalue weighted by atomic mass is 16.5. The molecule has 1 saturated heterocycles. The molecule has 1 fully saturated rings. The van der Waals surface area contributed by atoms with E-state index >= 15 is 0 Å². The lowest BCUT2D eigenvalue weighted by molar-refractivity contribution is 0.107. The average Bonchev–Trinajstić information content (AvgIpc) is 2.95. The third-order valence-corrected chi connectivity index (χ3v) is 3.90. The zero-order valence-electron chi connectivity index (χ0n) is 11.9. The predicted molar refractivity (Wildman–Crippen MR) is 76.9 cm³/mol. The van der Waals surface area contributed by atoms with E-state index in [1.54, 1.807) is 0 Å². The number of ether oxygens (including phenoxy) is 2. The lowest BCUT2D eigenvalue weighted by atomic mass is 10.0. The molecule has 19 heavy (non-hydrogen) atoms. The van der Waals surface area contributed by atoms with Crippen molar-refractivity contribution in [3.05, 3.63) is 23.8 Å². The summed E-state index contributed by atoms with van der Waals surface area (Å²) in [4.78, 5) is 0. The van der Waals surface area contributed by atoms with E-state index in [-0.39, 0.29) is 5.60 Å². The molecule has 3 nitrogen and oxygen atoms in total. The third kappa shape index (κ3) is 2.86. The topological polar surface area (TPSA) is 30.5 Å². The zero-order valence-corrected chi connectivity index (χ0v) is 11.9. The molecule has 3 rings (SSSR count). The average molecular weight is 261 g/mol. The molecule has 1 aromatic rings. The van der Waals surface area contributed by atoms with Gasteiger partial charge in [0, 0.05) is 25.1 Å². The number of benzene rings is 1. The number of hydrogen-bond donors (Lipinski definition) is 1. The Kier molecular flexibility index (Phi) is 3.40. The van der Waals surface area contributed by atoms with Crippen LogP contribution < -0.4 is 10.1 Å². The number of nitrogens with one attached hydrogen (secondary N) is 1. The number of fused-ring (bicyclic) bond motifs is 1. The Bertz CT molecular complexity index is 450. The van der Waals surface area contributed by atoms with E-state index in [4.69, 9.17) is 9.47 Å². The van der Waals surface area contributed by atoms with Crippen molar-refractivity contribution in [2.75, 3.05) is 18.5 Å². The van der Waals surface area contributed by atoms with E-state index < -0.39 is 0 Å². The van der Waals surface area contributed by atoms with Gasteiger partial charge in [0.2, 0.25) is 0 Å². The van der Waals surface area contributed by atoms with Crippen molar-refractivity contribution in [2.24, 2.45) is 0 Å². The molecule has 0 aliphatic carbocycles. The van der Waals surface area contributed by atoms with Crippen LogP contribution in [-0.4, -0.2) is 24.9 Å². The van der Waals surface area contributed by atoms with Crippen LogP contribution in [-0.2, 0) is 11.2 Å². The van der Waals surface area contributed by atoms with Crippen molar-refractivity contribution < 1.29 is 9.47 Å². The lowest BCUT2D eigenvalue weighted by Gasteiger charge is -2.19. The molecule has 0 aromatic heterocycles. The van der Waals surface area contributed by atoms with Crippen molar-refractivity contribution in [3.63, 3.8) is 0 Å². The molecular formula is C16H23NO2. The SMILES string of the molecule is CC1(C)Cc2cccc(NCCC3CCCO3)c2O1. The van der Waals surface area contributed by atoms with Crippen LogP contribution in [0.1, 0.15) is 38.7 Å². The fourth-order valence-electron chi connectivity index (χ4n) is 2.99. The summed E-state index contributed by atoms with van der Waals surface area (Å²) < 4.78 is 11.7. The number of hydrogen-bond acceptors (Lipinski definition) is 3. The van der Waals surface area contributed by atoms with E-state index in [1.165, 1.54) is 18.4 Å². The van der Waals surface area contributed by atoms with Gasteiger partial charge < -0.3 is 14.8 Å². The quantitative estimate of drug-likeness (QED) is 0.901. The smallest absolute Gasteiger partial charge is 0.146 e. The lowest BCUT2D eigenvalue weighted by Crippen LogP contribution is -2.25. The van der Waals surface area contributed by atoms with Crippen LogP contribution in [0.2, 0.25) is 0 Å². The summed E-state index contributed by atoms with van der Waals surface area (Å²) in [6, 6.07) is 6.38. The molecule has 1 N–H and O–H groups in total. The molecule has 3 heteroatoms. The van der Waals surface area contributed by atoms with E-state index in [0.29, 0.717) is 6.10 Å². The molecule has 1 atom stereocenters. The van der Waals surface area contributed by atoms with Gasteiger partial charge in [0.1, 0.15) is 11.4 Å². The molecule has 1 unspecified atom stereocenters. The highest BCUT2D eigenvalue weighted by Gasteiger charge is 2.31. The summed E-state index contributed by atoms with van der Waals surface area (Å²) in [6.07, 6.45) is 4.93. The molecule has 0 radical (unpaired) electrons. The number of para-hydroxylation sites is 1. The molecule has 0 amide bonds. The van der Waals surface area contributed by atoms with Crippen LogP contribution in [0, 0.1) is 0 Å². The Labute approximate surface area is 115 Å². The van der Waals surface area contributed by atoms with Crippen LogP contribution >= 0.6 is 0 Å². The predicted octanol–water partition coefficient (Wildman–Crippen LogP) is 3.38. The van der Waals surface area contributed by atoms with Gasteiger partial charge in [-0.25, -0.2) is 0 Å². The first kappa shape index (κ1) is 12.8. The Morgan fingerprint density at radius 3 is 3.05 bits per heavy atom. The summed E-state index contributed by atoms with van der Waals surface area (Å²) in [5.41, 5.74) is 2.36. The molecule has 2 aliphatic heterocycles. The van der Waals surface area contributed by atoms with Gasteiger partial charge in [0.15, 0.2) is 0 Å². The first-order valence-corrected chi connectivity index (χ1v) is 7.30. The maximum atomic E-state index is 6.05. The van der Waals surface area contributed by atoms with E-state index in [9.17, 15) is 0 Å². The van der Waals surface area contributed by atoms with Gasteiger partial charge in [-0.3, -0.25) is 0 Å². The summed E-state index contributed by atoms with van der Waals surface area (Å²) in [5.74, 6) is 1.04. The Hall–Kier alpha value is -1.22. The minimum Gasteiger partial charge on any atom is -0.485 e. The van der Waals surface area contributed by atoms with Gasteiger partial charge in [0.05, 0.1) is 11.8 Å². The van der Waals surface area contributed by atoms with Gasteiger partial charge in [-0.15, -0.1) is 0 Å². The van der Waals surface area contributed by atoms with Crippen LogP contribution in [0.15, 0.2) is 18.2 Å². The minimum absolute atomic E-state index is 0.0747. The molecule has 0 spiro atoms. The largest absolute Gasteiger partial charge is 0.485 e. The monoisotopic (exact) mass is 261 g/mol. The van der Waals surface area contributed by atoms with Crippen molar-refractivity contribution in [1.82, 2.24) is 0 Å². The van der Waals surface area contributed by atoms with E-state index in [2.05, 4.69) is 37.4 Å². The first-order chi connectivity index (χ1) is 9.14. The third-order valence-electron chi connectivity index (χ3n) is 3.90. The summed E-state index contributed by atoms with van der Waals surface area (Å²) >= 11 is 0. The molecular weight excluding hydrogens is 238 g/mol. The highest BCUT2D eigenvalue weighted by Crippen LogP contribution is 2.40. The second kappa shape index (κ2) is 5.04. The Morgan fingerprint density at radius 1 is 1.37 bits per heavy atom.